The van der Waals surface area contributed by atoms with Crippen LogP contribution in [0, 0.1) is 5.92 Å². The highest BCUT2D eigenvalue weighted by molar-refractivity contribution is 5.83. The lowest BCUT2D eigenvalue weighted by molar-refractivity contribution is -0.126. The molecule has 2 aliphatic heterocycles. The minimum absolute atomic E-state index is 0.0204. The molecule has 0 aromatic heterocycles. The maximum absolute atomic E-state index is 13.1. The summed E-state index contributed by atoms with van der Waals surface area (Å²) >= 11 is 0. The van der Waals surface area contributed by atoms with Gasteiger partial charge in [0.1, 0.15) is 5.75 Å². The Hall–Kier alpha value is -2.69. The van der Waals surface area contributed by atoms with Gasteiger partial charge in [0.05, 0.1) is 19.1 Å². The van der Waals surface area contributed by atoms with Crippen LogP contribution in [0.1, 0.15) is 18.4 Å². The van der Waals surface area contributed by atoms with Crippen LogP contribution in [0.4, 0.5) is 11.4 Å². The average Bonchev–Trinajstić information content (AvgIpc) is 3.57. The number of hydrogen-bond donors (Lipinski definition) is 1. The van der Waals surface area contributed by atoms with Crippen LogP contribution in [0.3, 0.4) is 0 Å². The summed E-state index contributed by atoms with van der Waals surface area (Å²) < 4.78 is 5.47. The molecule has 0 spiro atoms. The fourth-order valence-electron chi connectivity index (χ4n) is 4.61. The molecule has 1 amide bonds. The summed E-state index contributed by atoms with van der Waals surface area (Å²) in [7, 11) is 1.71. The van der Waals surface area contributed by atoms with Crippen molar-refractivity contribution in [1.29, 1.82) is 0 Å². The first-order valence-electron chi connectivity index (χ1n) is 10.3. The van der Waals surface area contributed by atoms with Gasteiger partial charge >= 0.3 is 0 Å². The molecule has 2 fully saturated rings. The van der Waals surface area contributed by atoms with Crippen molar-refractivity contribution in [3.63, 3.8) is 0 Å². The minimum Gasteiger partial charge on any atom is -0.497 e. The Morgan fingerprint density at radius 3 is 2.68 bits per heavy atom. The zero-order valence-electron chi connectivity index (χ0n) is 16.3. The zero-order valence-corrected chi connectivity index (χ0v) is 16.3. The van der Waals surface area contributed by atoms with E-state index in [0.717, 1.165) is 44.6 Å². The summed E-state index contributed by atoms with van der Waals surface area (Å²) in [4.78, 5) is 18.0. The van der Waals surface area contributed by atoms with Gasteiger partial charge in [0.25, 0.3) is 0 Å². The highest BCUT2D eigenvalue weighted by Gasteiger charge is 2.42. The SMILES string of the molecule is COc1ccc2c(c1)N1CCN(c3ccccc3)CC1C(C(=O)NC1CC1)C2. The van der Waals surface area contributed by atoms with Gasteiger partial charge in [-0.3, -0.25) is 4.79 Å². The number of ether oxygens (including phenoxy) is 1. The van der Waals surface area contributed by atoms with Crippen molar-refractivity contribution in [3.8, 4) is 5.75 Å². The van der Waals surface area contributed by atoms with E-state index in [9.17, 15) is 4.79 Å². The number of amides is 1. The summed E-state index contributed by atoms with van der Waals surface area (Å²) in [5.74, 6) is 1.07. The number of nitrogens with one attached hydrogen (secondary N) is 1. The summed E-state index contributed by atoms with van der Waals surface area (Å²) in [5.41, 5.74) is 3.72. The minimum atomic E-state index is -0.0204. The molecule has 1 N–H and O–H groups in total. The summed E-state index contributed by atoms with van der Waals surface area (Å²) in [6, 6.07) is 17.4. The molecule has 3 aliphatic rings. The van der Waals surface area contributed by atoms with Crippen LogP contribution in [-0.4, -0.2) is 44.7 Å². The van der Waals surface area contributed by atoms with E-state index in [-0.39, 0.29) is 17.9 Å². The Kier molecular flexibility index (Phi) is 4.38. The molecule has 0 bridgehead atoms. The lowest BCUT2D eigenvalue weighted by atomic mass is 9.83. The summed E-state index contributed by atoms with van der Waals surface area (Å²) in [6.07, 6.45) is 3.04. The van der Waals surface area contributed by atoms with Crippen LogP contribution in [0.15, 0.2) is 48.5 Å². The van der Waals surface area contributed by atoms with Gasteiger partial charge in [0.2, 0.25) is 5.91 Å². The van der Waals surface area contributed by atoms with Crippen LogP contribution in [0.25, 0.3) is 0 Å². The smallest absolute Gasteiger partial charge is 0.225 e. The number of para-hydroxylation sites is 1. The Morgan fingerprint density at radius 2 is 1.93 bits per heavy atom. The maximum atomic E-state index is 13.1. The molecule has 0 radical (unpaired) electrons. The Labute approximate surface area is 166 Å². The van der Waals surface area contributed by atoms with Gasteiger partial charge in [-0.05, 0) is 43.0 Å². The quantitative estimate of drug-likeness (QED) is 0.890. The van der Waals surface area contributed by atoms with Gasteiger partial charge in [-0.1, -0.05) is 24.3 Å². The van der Waals surface area contributed by atoms with Gasteiger partial charge in [0.15, 0.2) is 0 Å². The molecule has 2 aromatic rings. The Bertz CT molecular complexity index is 865. The molecule has 2 unspecified atom stereocenters. The van der Waals surface area contributed by atoms with Crippen molar-refractivity contribution in [3.05, 3.63) is 54.1 Å². The number of nitrogens with zero attached hydrogens (tertiary/aromatic N) is 2. The van der Waals surface area contributed by atoms with Crippen LogP contribution >= 0.6 is 0 Å². The van der Waals surface area contributed by atoms with E-state index in [2.05, 4.69) is 57.6 Å². The van der Waals surface area contributed by atoms with Crippen molar-refractivity contribution in [2.24, 2.45) is 5.92 Å². The van der Waals surface area contributed by atoms with E-state index >= 15 is 0 Å². The second kappa shape index (κ2) is 7.04. The fourth-order valence-corrected chi connectivity index (χ4v) is 4.61. The Morgan fingerprint density at radius 1 is 1.11 bits per heavy atom. The van der Waals surface area contributed by atoms with Crippen LogP contribution in [0.2, 0.25) is 0 Å². The maximum Gasteiger partial charge on any atom is 0.225 e. The molecule has 1 saturated heterocycles. The van der Waals surface area contributed by atoms with E-state index in [1.165, 1.54) is 16.9 Å². The second-order valence-electron chi connectivity index (χ2n) is 8.13. The monoisotopic (exact) mass is 377 g/mol. The first kappa shape index (κ1) is 17.4. The molecule has 2 atom stereocenters. The van der Waals surface area contributed by atoms with Crippen molar-refractivity contribution in [2.45, 2.75) is 31.3 Å². The number of piperazine rings is 1. The van der Waals surface area contributed by atoms with Crippen molar-refractivity contribution in [2.75, 3.05) is 36.5 Å². The Balaban J connectivity index is 1.47. The zero-order chi connectivity index (χ0) is 19.1. The fraction of sp³-hybridized carbons (Fsp3) is 0.435. The van der Waals surface area contributed by atoms with E-state index in [1.807, 2.05) is 6.07 Å². The van der Waals surface area contributed by atoms with Gasteiger partial charge in [0, 0.05) is 43.1 Å². The third-order valence-electron chi connectivity index (χ3n) is 6.31. The average molecular weight is 377 g/mol. The van der Waals surface area contributed by atoms with E-state index < -0.39 is 0 Å². The number of rotatable bonds is 4. The molecular weight excluding hydrogens is 350 g/mol. The summed E-state index contributed by atoms with van der Waals surface area (Å²) in [5, 5.41) is 3.26. The van der Waals surface area contributed by atoms with Gasteiger partial charge in [-0.2, -0.15) is 0 Å². The number of hydrogen-bond acceptors (Lipinski definition) is 4. The van der Waals surface area contributed by atoms with E-state index in [0.29, 0.717) is 6.04 Å². The largest absolute Gasteiger partial charge is 0.497 e. The van der Waals surface area contributed by atoms with Crippen molar-refractivity contribution >= 4 is 17.3 Å². The molecule has 2 aromatic carbocycles. The molecular formula is C23H27N3O2. The van der Waals surface area contributed by atoms with Gasteiger partial charge < -0.3 is 19.9 Å². The van der Waals surface area contributed by atoms with Crippen molar-refractivity contribution < 1.29 is 9.53 Å². The van der Waals surface area contributed by atoms with E-state index in [1.54, 1.807) is 7.11 Å². The van der Waals surface area contributed by atoms with E-state index in [4.69, 9.17) is 4.74 Å². The first-order chi connectivity index (χ1) is 13.7. The third-order valence-corrected chi connectivity index (χ3v) is 6.31. The van der Waals surface area contributed by atoms with Crippen LogP contribution < -0.4 is 19.9 Å². The summed E-state index contributed by atoms with van der Waals surface area (Å²) in [6.45, 7) is 2.73. The lowest BCUT2D eigenvalue weighted by Crippen LogP contribution is -2.61. The molecule has 5 heteroatoms. The van der Waals surface area contributed by atoms with Gasteiger partial charge in [-0.25, -0.2) is 0 Å². The number of methoxy groups -OCH3 is 1. The molecule has 1 aliphatic carbocycles. The van der Waals surface area contributed by atoms with Gasteiger partial charge in [-0.15, -0.1) is 0 Å². The van der Waals surface area contributed by atoms with Crippen LogP contribution in [0.5, 0.6) is 5.75 Å². The highest BCUT2D eigenvalue weighted by atomic mass is 16.5. The number of anilines is 2. The molecule has 1 saturated carbocycles. The predicted molar refractivity (Wildman–Crippen MR) is 111 cm³/mol. The molecule has 5 nitrogen and oxygen atoms in total. The first-order valence-corrected chi connectivity index (χ1v) is 10.3. The highest BCUT2D eigenvalue weighted by Crippen LogP contribution is 2.39. The lowest BCUT2D eigenvalue weighted by Gasteiger charge is -2.49. The number of carbonyl (C=O) groups is 1. The standard InChI is InChI=1S/C23H27N3O2/c1-28-19-10-7-16-13-20(23(27)24-17-8-9-17)22-15-25(18-5-3-2-4-6-18)11-12-26(22)21(16)14-19/h2-7,10,14,17,20,22H,8-9,11-13,15H2,1H3,(H,24,27). The molecule has 2 heterocycles. The molecule has 28 heavy (non-hydrogen) atoms. The second-order valence-corrected chi connectivity index (χ2v) is 8.13. The number of benzene rings is 2. The van der Waals surface area contributed by atoms with Crippen molar-refractivity contribution in [1.82, 2.24) is 5.32 Å². The molecule has 146 valence electrons. The predicted octanol–water partition coefficient (Wildman–Crippen LogP) is 2.84. The number of fused-ring (bicyclic) bond motifs is 3. The molecule has 5 rings (SSSR count). The third kappa shape index (κ3) is 3.19. The van der Waals surface area contributed by atoms with Crippen LogP contribution in [-0.2, 0) is 11.2 Å². The number of carbonyl (C=O) groups excluding carboxylic acids is 1. The topological polar surface area (TPSA) is 44.8 Å². The normalized spacial score (nSPS) is 23.6.